The van der Waals surface area contributed by atoms with Gasteiger partial charge in [0.05, 0.1) is 18.8 Å². The molecule has 0 saturated heterocycles. The normalized spacial score (nSPS) is 17.7. The van der Waals surface area contributed by atoms with Crippen molar-refractivity contribution in [3.8, 4) is 5.75 Å². The maximum Gasteiger partial charge on any atom is 0.406 e. The van der Waals surface area contributed by atoms with Gasteiger partial charge in [-0.3, -0.25) is 4.90 Å². The van der Waals surface area contributed by atoms with Gasteiger partial charge in [-0.15, -0.1) is 11.3 Å². The van der Waals surface area contributed by atoms with Crippen molar-refractivity contribution in [1.82, 2.24) is 5.32 Å². The number of benzene rings is 1. The number of amides is 2. The quantitative estimate of drug-likeness (QED) is 0.918. The molecule has 2 amide bonds. The molecule has 0 aliphatic carbocycles. The summed E-state index contributed by atoms with van der Waals surface area (Å²) >= 11 is 1.43. The Morgan fingerprint density at radius 2 is 2.13 bits per heavy atom. The Labute approximate surface area is 134 Å². The molecule has 1 aromatic heterocycles. The van der Waals surface area contributed by atoms with Crippen LogP contribution in [0.3, 0.4) is 0 Å². The van der Waals surface area contributed by atoms with Crippen LogP contribution in [0.2, 0.25) is 0 Å². The minimum atomic E-state index is -4.48. The number of halogens is 3. The Bertz CT molecular complexity index is 716. The second-order valence-electron chi connectivity index (χ2n) is 5.02. The Morgan fingerprint density at radius 3 is 2.74 bits per heavy atom. The summed E-state index contributed by atoms with van der Waals surface area (Å²) in [5.41, 5.74) is 0.820. The van der Waals surface area contributed by atoms with Crippen LogP contribution in [-0.2, 0) is 0 Å². The van der Waals surface area contributed by atoms with Gasteiger partial charge >= 0.3 is 12.2 Å². The van der Waals surface area contributed by atoms with Crippen LogP contribution in [0.15, 0.2) is 35.7 Å². The average molecular weight is 342 g/mol. The van der Waals surface area contributed by atoms with Gasteiger partial charge in [0.1, 0.15) is 12.3 Å². The number of carbonyl (C=O) groups excluding carboxylic acids is 1. The van der Waals surface area contributed by atoms with Crippen molar-refractivity contribution in [2.45, 2.75) is 12.2 Å². The molecule has 23 heavy (non-hydrogen) atoms. The van der Waals surface area contributed by atoms with Crippen LogP contribution in [0, 0.1) is 0 Å². The zero-order valence-corrected chi connectivity index (χ0v) is 12.9. The fourth-order valence-electron chi connectivity index (χ4n) is 2.54. The summed E-state index contributed by atoms with van der Waals surface area (Å²) in [6.45, 7) is -1.34. The maximum atomic E-state index is 12.8. The molecular formula is C15H13F3N2O2S. The summed E-state index contributed by atoms with van der Waals surface area (Å²) in [6, 6.07) is 7.09. The maximum absolute atomic E-state index is 12.8. The molecule has 122 valence electrons. The van der Waals surface area contributed by atoms with Crippen molar-refractivity contribution < 1.29 is 22.7 Å². The first-order valence-corrected chi connectivity index (χ1v) is 7.63. The van der Waals surface area contributed by atoms with Gasteiger partial charge in [0.25, 0.3) is 0 Å². The first kappa shape index (κ1) is 15.7. The molecule has 0 spiro atoms. The molecule has 0 fully saturated rings. The summed E-state index contributed by atoms with van der Waals surface area (Å²) in [7, 11) is 1.48. The van der Waals surface area contributed by atoms with E-state index in [1.165, 1.54) is 24.5 Å². The number of urea groups is 1. The van der Waals surface area contributed by atoms with E-state index in [-0.39, 0.29) is 5.69 Å². The number of thiophene rings is 1. The smallest absolute Gasteiger partial charge is 0.406 e. The van der Waals surface area contributed by atoms with Gasteiger partial charge in [0.15, 0.2) is 0 Å². The number of carbonyl (C=O) groups is 1. The number of rotatable bonds is 3. The highest BCUT2D eigenvalue weighted by Crippen LogP contribution is 2.39. The predicted molar refractivity (Wildman–Crippen MR) is 81.1 cm³/mol. The minimum absolute atomic E-state index is 0.241. The highest BCUT2D eigenvalue weighted by Gasteiger charge is 2.39. The molecule has 4 nitrogen and oxygen atoms in total. The lowest BCUT2D eigenvalue weighted by atomic mass is 9.99. The predicted octanol–water partition coefficient (Wildman–Crippen LogP) is 3.94. The number of nitrogens with one attached hydrogen (secondary N) is 1. The lowest BCUT2D eigenvalue weighted by Crippen LogP contribution is -2.50. The van der Waals surface area contributed by atoms with E-state index in [0.717, 1.165) is 4.88 Å². The van der Waals surface area contributed by atoms with Gasteiger partial charge in [-0.25, -0.2) is 4.79 Å². The third-order valence-corrected chi connectivity index (χ3v) is 4.45. The van der Waals surface area contributed by atoms with Crippen LogP contribution in [0.25, 0.3) is 0 Å². The first-order valence-electron chi connectivity index (χ1n) is 6.75. The molecule has 3 rings (SSSR count). The molecule has 1 unspecified atom stereocenters. The second-order valence-corrected chi connectivity index (χ2v) is 6.00. The molecule has 1 aromatic carbocycles. The molecular weight excluding hydrogens is 329 g/mol. The van der Waals surface area contributed by atoms with Crippen molar-refractivity contribution in [2.75, 3.05) is 18.6 Å². The van der Waals surface area contributed by atoms with E-state index in [1.807, 2.05) is 17.5 Å². The Kier molecular flexibility index (Phi) is 3.93. The van der Waals surface area contributed by atoms with Crippen molar-refractivity contribution >= 4 is 23.1 Å². The van der Waals surface area contributed by atoms with Gasteiger partial charge in [0.2, 0.25) is 0 Å². The number of hydrogen-bond acceptors (Lipinski definition) is 3. The van der Waals surface area contributed by atoms with E-state index < -0.39 is 24.8 Å². The zero-order valence-electron chi connectivity index (χ0n) is 12.1. The van der Waals surface area contributed by atoms with Crippen molar-refractivity contribution in [1.29, 1.82) is 0 Å². The summed E-state index contributed by atoms with van der Waals surface area (Å²) in [5, 5.41) is 4.49. The topological polar surface area (TPSA) is 41.6 Å². The Balaban J connectivity index is 2.09. The highest BCUT2D eigenvalue weighted by atomic mass is 32.1. The number of methoxy groups -OCH3 is 1. The van der Waals surface area contributed by atoms with E-state index in [1.54, 1.807) is 12.1 Å². The van der Waals surface area contributed by atoms with Gasteiger partial charge in [-0.05, 0) is 29.6 Å². The fourth-order valence-corrected chi connectivity index (χ4v) is 3.33. The largest absolute Gasteiger partial charge is 0.497 e. The number of fused-ring (bicyclic) bond motifs is 1. The SMILES string of the molecule is COc1ccc2c(c1)C(c1cccs1)NC(=O)N2CC(F)(F)F. The van der Waals surface area contributed by atoms with Crippen molar-refractivity contribution in [2.24, 2.45) is 0 Å². The molecule has 0 radical (unpaired) electrons. The lowest BCUT2D eigenvalue weighted by molar-refractivity contribution is -0.118. The number of ether oxygens (including phenoxy) is 1. The number of alkyl halides is 3. The third-order valence-electron chi connectivity index (χ3n) is 3.51. The molecule has 2 aromatic rings. The summed E-state index contributed by atoms with van der Waals surface area (Å²) in [6.07, 6.45) is -4.48. The summed E-state index contributed by atoms with van der Waals surface area (Å²) in [4.78, 5) is 13.7. The monoisotopic (exact) mass is 342 g/mol. The van der Waals surface area contributed by atoms with Crippen molar-refractivity contribution in [3.05, 3.63) is 46.2 Å². The Morgan fingerprint density at radius 1 is 1.35 bits per heavy atom. The van der Waals surface area contributed by atoms with E-state index in [4.69, 9.17) is 4.74 Å². The Hall–Kier alpha value is -2.22. The molecule has 0 bridgehead atoms. The molecule has 2 heterocycles. The molecule has 1 atom stereocenters. The van der Waals surface area contributed by atoms with E-state index in [9.17, 15) is 18.0 Å². The molecule has 1 aliphatic heterocycles. The minimum Gasteiger partial charge on any atom is -0.497 e. The molecule has 0 saturated carbocycles. The number of anilines is 1. The van der Waals surface area contributed by atoms with Crippen molar-refractivity contribution in [3.63, 3.8) is 0 Å². The first-order chi connectivity index (χ1) is 10.9. The van der Waals surface area contributed by atoms with Crippen LogP contribution in [0.4, 0.5) is 23.7 Å². The fraction of sp³-hybridized carbons (Fsp3) is 0.267. The van der Waals surface area contributed by atoms with Gasteiger partial charge in [0, 0.05) is 10.4 Å². The van der Waals surface area contributed by atoms with Crippen LogP contribution in [0.5, 0.6) is 5.75 Å². The van der Waals surface area contributed by atoms with Crippen LogP contribution in [-0.4, -0.2) is 25.9 Å². The van der Waals surface area contributed by atoms with Gasteiger partial charge in [-0.1, -0.05) is 6.07 Å². The standard InChI is InChI=1S/C15H13F3N2O2S/c1-22-9-4-5-11-10(7-9)13(12-3-2-6-23-12)19-14(21)20(11)8-15(16,17)18/h2-7,13H,8H2,1H3,(H,19,21). The van der Waals surface area contributed by atoms with Crippen LogP contribution in [0.1, 0.15) is 16.5 Å². The molecule has 1 aliphatic rings. The van der Waals surface area contributed by atoms with E-state index in [0.29, 0.717) is 16.2 Å². The molecule has 8 heteroatoms. The summed E-state index contributed by atoms with van der Waals surface area (Å²) in [5.74, 6) is 0.522. The van der Waals surface area contributed by atoms with E-state index >= 15 is 0 Å². The highest BCUT2D eigenvalue weighted by molar-refractivity contribution is 7.10. The third kappa shape index (κ3) is 3.12. The number of hydrogen-bond donors (Lipinski definition) is 1. The zero-order chi connectivity index (χ0) is 16.6. The summed E-state index contributed by atoms with van der Waals surface area (Å²) < 4.78 is 43.5. The lowest BCUT2D eigenvalue weighted by Gasteiger charge is -2.35. The average Bonchev–Trinajstić information content (AvgIpc) is 3.02. The molecule has 1 N–H and O–H groups in total. The van der Waals surface area contributed by atoms with Crippen LogP contribution >= 0.6 is 11.3 Å². The second kappa shape index (κ2) is 5.77. The van der Waals surface area contributed by atoms with E-state index in [2.05, 4.69) is 5.32 Å². The van der Waals surface area contributed by atoms with Gasteiger partial charge < -0.3 is 10.1 Å². The van der Waals surface area contributed by atoms with Crippen LogP contribution < -0.4 is 15.0 Å². The van der Waals surface area contributed by atoms with Gasteiger partial charge in [-0.2, -0.15) is 13.2 Å². The number of nitrogens with zero attached hydrogens (tertiary/aromatic N) is 1.